The van der Waals surface area contributed by atoms with E-state index < -0.39 is 21.8 Å². The first-order valence-corrected chi connectivity index (χ1v) is 6.33. The van der Waals surface area contributed by atoms with Crippen LogP contribution < -0.4 is 0 Å². The number of hydrogen-bond donors (Lipinski definition) is 1. The Bertz CT molecular complexity index is 320. The summed E-state index contributed by atoms with van der Waals surface area (Å²) in [7, 11) is -4.09. The Hall–Kier alpha value is -0.660. The molecule has 7 heteroatoms. The van der Waals surface area contributed by atoms with Crippen LogP contribution in [0.4, 0.5) is 0 Å². The predicted molar refractivity (Wildman–Crippen MR) is 53.0 cm³/mol. The van der Waals surface area contributed by atoms with Crippen LogP contribution >= 0.6 is 0 Å². The summed E-state index contributed by atoms with van der Waals surface area (Å²) in [5.41, 5.74) is 0. The van der Waals surface area contributed by atoms with E-state index in [1.54, 1.807) is 4.90 Å². The van der Waals surface area contributed by atoms with Gasteiger partial charge in [0.25, 0.3) is 10.1 Å². The van der Waals surface area contributed by atoms with Crippen LogP contribution in [0.3, 0.4) is 0 Å². The van der Waals surface area contributed by atoms with Crippen molar-refractivity contribution in [2.24, 2.45) is 5.92 Å². The summed E-state index contributed by atoms with van der Waals surface area (Å²) < 4.78 is 34.9. The average Bonchev–Trinajstić information content (AvgIpc) is 2.15. The molecule has 0 bridgehead atoms. The molecule has 1 rings (SSSR count). The second-order valence-electron chi connectivity index (χ2n) is 3.59. The first-order chi connectivity index (χ1) is 6.90. The van der Waals surface area contributed by atoms with Crippen molar-refractivity contribution in [2.45, 2.75) is 6.92 Å². The van der Waals surface area contributed by atoms with Crippen molar-refractivity contribution in [2.75, 3.05) is 32.1 Å². The lowest BCUT2D eigenvalue weighted by atomic mass is 10.2. The Morgan fingerprint density at radius 1 is 1.47 bits per heavy atom. The molecule has 0 saturated carbocycles. The third-order valence-electron chi connectivity index (χ3n) is 2.20. The van der Waals surface area contributed by atoms with Gasteiger partial charge < -0.3 is 9.64 Å². The molecule has 1 fully saturated rings. The van der Waals surface area contributed by atoms with Crippen LogP contribution in [0.15, 0.2) is 0 Å². The monoisotopic (exact) mass is 237 g/mol. The molecule has 1 aliphatic heterocycles. The molecule has 1 aliphatic rings. The number of ether oxygens (including phenoxy) is 1. The Labute approximate surface area is 89.0 Å². The van der Waals surface area contributed by atoms with Gasteiger partial charge in [0.1, 0.15) is 0 Å². The van der Waals surface area contributed by atoms with Crippen LogP contribution in [-0.2, 0) is 19.6 Å². The van der Waals surface area contributed by atoms with Gasteiger partial charge in [-0.3, -0.25) is 9.35 Å². The van der Waals surface area contributed by atoms with Gasteiger partial charge in [-0.05, 0) is 0 Å². The molecule has 1 atom stereocenters. The minimum atomic E-state index is -4.09. The number of morpholine rings is 1. The van der Waals surface area contributed by atoms with Gasteiger partial charge in [-0.1, -0.05) is 6.92 Å². The SMILES string of the molecule is CC(CS(=O)(=O)O)C(=O)N1CCOCC1. The molecule has 88 valence electrons. The van der Waals surface area contributed by atoms with Gasteiger partial charge in [0.15, 0.2) is 0 Å². The lowest BCUT2D eigenvalue weighted by Crippen LogP contribution is -2.44. The fourth-order valence-electron chi connectivity index (χ4n) is 1.48. The summed E-state index contributed by atoms with van der Waals surface area (Å²) in [5.74, 6) is -1.49. The van der Waals surface area contributed by atoms with Crippen LogP contribution in [0.1, 0.15) is 6.92 Å². The molecule has 0 radical (unpaired) electrons. The highest BCUT2D eigenvalue weighted by Gasteiger charge is 2.25. The molecule has 1 N–H and O–H groups in total. The highest BCUT2D eigenvalue weighted by atomic mass is 32.2. The summed E-state index contributed by atoms with van der Waals surface area (Å²) in [5, 5.41) is 0. The quantitative estimate of drug-likeness (QED) is 0.661. The average molecular weight is 237 g/mol. The minimum absolute atomic E-state index is 0.254. The lowest BCUT2D eigenvalue weighted by Gasteiger charge is -2.28. The fraction of sp³-hybridized carbons (Fsp3) is 0.875. The van der Waals surface area contributed by atoms with E-state index in [-0.39, 0.29) is 5.91 Å². The van der Waals surface area contributed by atoms with Crippen molar-refractivity contribution in [3.63, 3.8) is 0 Å². The van der Waals surface area contributed by atoms with Gasteiger partial charge >= 0.3 is 0 Å². The van der Waals surface area contributed by atoms with Crippen LogP contribution in [0.25, 0.3) is 0 Å². The number of carbonyl (C=O) groups excluding carboxylic acids is 1. The Balaban J connectivity index is 2.51. The van der Waals surface area contributed by atoms with Gasteiger partial charge in [0, 0.05) is 13.1 Å². The van der Waals surface area contributed by atoms with Crippen LogP contribution in [-0.4, -0.2) is 55.8 Å². The number of amides is 1. The Morgan fingerprint density at radius 2 is 2.00 bits per heavy atom. The zero-order valence-electron chi connectivity index (χ0n) is 8.55. The topological polar surface area (TPSA) is 83.9 Å². The molecule has 1 amide bonds. The third-order valence-corrected chi connectivity index (χ3v) is 3.13. The molecule has 1 saturated heterocycles. The van der Waals surface area contributed by atoms with Crippen molar-refractivity contribution in [1.82, 2.24) is 4.90 Å². The standard InChI is InChI=1S/C8H15NO5S/c1-7(6-15(11,12)13)8(10)9-2-4-14-5-3-9/h7H,2-6H2,1H3,(H,11,12,13). The largest absolute Gasteiger partial charge is 0.378 e. The normalized spacial score (nSPS) is 20.0. The van der Waals surface area contributed by atoms with Gasteiger partial charge in [-0.2, -0.15) is 8.42 Å². The zero-order valence-corrected chi connectivity index (χ0v) is 9.37. The highest BCUT2D eigenvalue weighted by Crippen LogP contribution is 2.07. The summed E-state index contributed by atoms with van der Waals surface area (Å²) in [4.78, 5) is 13.2. The molecular formula is C8H15NO5S. The first kappa shape index (κ1) is 12.4. The first-order valence-electron chi connectivity index (χ1n) is 4.72. The van der Waals surface area contributed by atoms with Gasteiger partial charge in [-0.15, -0.1) is 0 Å². The maximum atomic E-state index is 11.7. The second kappa shape index (κ2) is 4.91. The predicted octanol–water partition coefficient (Wildman–Crippen LogP) is -0.631. The van der Waals surface area contributed by atoms with Crippen molar-refractivity contribution in [3.05, 3.63) is 0 Å². The Kier molecular flexibility index (Phi) is 4.06. The number of hydrogen-bond acceptors (Lipinski definition) is 4. The van der Waals surface area contributed by atoms with Crippen LogP contribution in [0, 0.1) is 5.92 Å². The van der Waals surface area contributed by atoms with E-state index in [9.17, 15) is 13.2 Å². The molecule has 0 aromatic carbocycles. The number of nitrogens with zero attached hydrogens (tertiary/aromatic N) is 1. The highest BCUT2D eigenvalue weighted by molar-refractivity contribution is 7.85. The lowest BCUT2D eigenvalue weighted by molar-refractivity contribution is -0.138. The Morgan fingerprint density at radius 3 is 2.47 bits per heavy atom. The smallest absolute Gasteiger partial charge is 0.265 e. The molecule has 0 spiro atoms. The summed E-state index contributed by atoms with van der Waals surface area (Å²) in [6.45, 7) is 3.41. The van der Waals surface area contributed by atoms with Crippen molar-refractivity contribution in [1.29, 1.82) is 0 Å². The third kappa shape index (κ3) is 4.15. The fourth-order valence-corrected chi connectivity index (χ4v) is 2.26. The van der Waals surface area contributed by atoms with E-state index in [0.717, 1.165) is 0 Å². The number of carbonyl (C=O) groups is 1. The second-order valence-corrected chi connectivity index (χ2v) is 5.08. The molecule has 1 heterocycles. The van der Waals surface area contributed by atoms with Crippen LogP contribution in [0.2, 0.25) is 0 Å². The van der Waals surface area contributed by atoms with Crippen molar-refractivity contribution in [3.8, 4) is 0 Å². The van der Waals surface area contributed by atoms with E-state index >= 15 is 0 Å². The van der Waals surface area contributed by atoms with Gasteiger partial charge in [-0.25, -0.2) is 0 Å². The molecule has 0 aliphatic carbocycles. The molecule has 1 unspecified atom stereocenters. The minimum Gasteiger partial charge on any atom is -0.378 e. The maximum absolute atomic E-state index is 11.7. The summed E-state index contributed by atoms with van der Waals surface area (Å²) in [6, 6.07) is 0. The number of rotatable bonds is 3. The summed E-state index contributed by atoms with van der Waals surface area (Å²) >= 11 is 0. The molecular weight excluding hydrogens is 222 g/mol. The van der Waals surface area contributed by atoms with Crippen molar-refractivity contribution < 1.29 is 22.5 Å². The summed E-state index contributed by atoms with van der Waals surface area (Å²) in [6.07, 6.45) is 0. The molecule has 15 heavy (non-hydrogen) atoms. The van der Waals surface area contributed by atoms with Crippen molar-refractivity contribution >= 4 is 16.0 Å². The molecule has 6 nitrogen and oxygen atoms in total. The maximum Gasteiger partial charge on any atom is 0.265 e. The van der Waals surface area contributed by atoms with E-state index in [4.69, 9.17) is 9.29 Å². The molecule has 0 aromatic rings. The zero-order chi connectivity index (χ0) is 11.5. The molecule has 0 aromatic heterocycles. The van der Waals surface area contributed by atoms with E-state index in [1.807, 2.05) is 0 Å². The van der Waals surface area contributed by atoms with E-state index in [2.05, 4.69) is 0 Å². The van der Waals surface area contributed by atoms with E-state index in [0.29, 0.717) is 26.3 Å². The van der Waals surface area contributed by atoms with E-state index in [1.165, 1.54) is 6.92 Å². The van der Waals surface area contributed by atoms with Crippen LogP contribution in [0.5, 0.6) is 0 Å². The van der Waals surface area contributed by atoms with Gasteiger partial charge in [0.05, 0.1) is 24.9 Å². The van der Waals surface area contributed by atoms with Gasteiger partial charge in [0.2, 0.25) is 5.91 Å².